The first-order valence-corrected chi connectivity index (χ1v) is 7.84. The van der Waals surface area contributed by atoms with Gasteiger partial charge in [0.05, 0.1) is 0 Å². The summed E-state index contributed by atoms with van der Waals surface area (Å²) in [6.45, 7) is 6.30. The van der Waals surface area contributed by atoms with Gasteiger partial charge in [0.15, 0.2) is 0 Å². The zero-order chi connectivity index (χ0) is 14.6. The minimum atomic E-state index is 0. The van der Waals surface area contributed by atoms with Crippen molar-refractivity contribution < 1.29 is 0 Å². The van der Waals surface area contributed by atoms with Crippen molar-refractivity contribution in [1.82, 2.24) is 9.80 Å². The summed E-state index contributed by atoms with van der Waals surface area (Å²) in [7, 11) is 3.87. The van der Waals surface area contributed by atoms with Crippen molar-refractivity contribution in [2.45, 2.75) is 39.5 Å². The third-order valence-electron chi connectivity index (χ3n) is 2.32. The van der Waals surface area contributed by atoms with Crippen LogP contribution in [0.15, 0.2) is 0 Å². The van der Waals surface area contributed by atoms with Crippen molar-refractivity contribution in [3.63, 3.8) is 0 Å². The summed E-state index contributed by atoms with van der Waals surface area (Å²) in [5.74, 6) is 0. The maximum atomic E-state index is 4.77. The Bertz CT molecular complexity index is 216. The van der Waals surface area contributed by atoms with Gasteiger partial charge in [-0.3, -0.25) is 0 Å². The number of thiocarbonyl (C=S) groups is 2. The first-order chi connectivity index (χ1) is 8.36. The molecule has 19 heavy (non-hydrogen) atoms. The van der Waals surface area contributed by atoms with Gasteiger partial charge in [0.2, 0.25) is 0 Å². The average Bonchev–Trinajstić information content (AvgIpc) is 2.33. The van der Waals surface area contributed by atoms with Gasteiger partial charge >= 0.3 is 37.7 Å². The van der Waals surface area contributed by atoms with E-state index in [1.165, 1.54) is 25.7 Å². The van der Waals surface area contributed by atoms with Crippen molar-refractivity contribution in [2.24, 2.45) is 0 Å². The van der Waals surface area contributed by atoms with E-state index < -0.39 is 0 Å². The number of hydrogen-bond donors (Lipinski definition) is 0. The molecule has 0 aromatic heterocycles. The van der Waals surface area contributed by atoms with Crippen LogP contribution in [-0.2, 0) is 25.3 Å². The Kier molecular flexibility index (Phi) is 23.5. The van der Waals surface area contributed by atoms with Crippen molar-refractivity contribution >= 4 is 96.1 Å². The quantitative estimate of drug-likeness (QED) is 0.403. The van der Waals surface area contributed by atoms with E-state index >= 15 is 0 Å². The first kappa shape index (κ1) is 25.4. The predicted octanol–water partition coefficient (Wildman–Crippen LogP) is 2.72. The van der Waals surface area contributed by atoms with Gasteiger partial charge in [0.1, 0.15) is 0 Å². The van der Waals surface area contributed by atoms with E-state index in [2.05, 4.69) is 13.8 Å². The van der Waals surface area contributed by atoms with Crippen LogP contribution in [0.25, 0.3) is 0 Å². The fraction of sp³-hybridized carbons (Fsp3) is 0.833. The number of nitrogens with zero attached hydrogens (tertiary/aromatic N) is 2. The monoisotopic (exact) mass is 364 g/mol. The third kappa shape index (κ3) is 19.5. The number of rotatable bonds is 6. The molecule has 0 saturated heterocycles. The molecule has 0 radical (unpaired) electrons. The van der Waals surface area contributed by atoms with E-state index in [9.17, 15) is 0 Å². The molecular formula is C12H24CaN2S4. The van der Waals surface area contributed by atoms with Gasteiger partial charge in [0, 0.05) is 27.2 Å². The molecule has 0 spiro atoms. The average molecular weight is 365 g/mol. The van der Waals surface area contributed by atoms with Gasteiger partial charge in [-0.15, -0.1) is 0 Å². The van der Waals surface area contributed by atoms with Crippen molar-refractivity contribution in [2.75, 3.05) is 27.2 Å². The second-order valence-electron chi connectivity index (χ2n) is 4.08. The Labute approximate surface area is 170 Å². The summed E-state index contributed by atoms with van der Waals surface area (Å²) in [4.78, 5) is 3.85. The molecule has 0 unspecified atom stereocenters. The van der Waals surface area contributed by atoms with Crippen LogP contribution in [0, 0.1) is 0 Å². The Morgan fingerprint density at radius 3 is 1.26 bits per heavy atom. The van der Waals surface area contributed by atoms with E-state index in [1.54, 1.807) is 0 Å². The van der Waals surface area contributed by atoms with Crippen molar-refractivity contribution in [1.29, 1.82) is 0 Å². The van der Waals surface area contributed by atoms with Crippen LogP contribution in [0.1, 0.15) is 39.5 Å². The summed E-state index contributed by atoms with van der Waals surface area (Å²) >= 11 is 19.1. The Morgan fingerprint density at radius 1 is 0.842 bits per heavy atom. The van der Waals surface area contributed by atoms with Gasteiger partial charge < -0.3 is 59.5 Å². The Balaban J connectivity index is -0.000000256. The molecule has 0 heterocycles. The van der Waals surface area contributed by atoms with E-state index in [-0.39, 0.29) is 37.7 Å². The molecule has 2 nitrogen and oxygen atoms in total. The fourth-order valence-electron chi connectivity index (χ4n) is 0.973. The molecule has 108 valence electrons. The smallest absolute Gasteiger partial charge is 0.411 e. The van der Waals surface area contributed by atoms with Crippen molar-refractivity contribution in [3.05, 3.63) is 0 Å². The van der Waals surface area contributed by atoms with Gasteiger partial charge in [-0.1, -0.05) is 35.3 Å². The molecule has 0 aromatic carbocycles. The second-order valence-corrected chi connectivity index (χ2v) is 6.15. The third-order valence-corrected chi connectivity index (χ3v) is 3.56. The van der Waals surface area contributed by atoms with Crippen LogP contribution in [0.2, 0.25) is 0 Å². The molecule has 0 aromatic rings. The molecule has 0 bridgehead atoms. The minimum absolute atomic E-state index is 0. The molecule has 0 aliphatic carbocycles. The summed E-state index contributed by atoms with van der Waals surface area (Å²) in [6.07, 6.45) is 4.74. The minimum Gasteiger partial charge on any atom is -0.411 e. The molecule has 0 atom stereocenters. The zero-order valence-electron chi connectivity index (χ0n) is 12.5. The zero-order valence-corrected chi connectivity index (χ0v) is 18.0. The molecule has 0 saturated carbocycles. The van der Waals surface area contributed by atoms with Crippen LogP contribution < -0.4 is 0 Å². The Morgan fingerprint density at radius 2 is 1.11 bits per heavy atom. The van der Waals surface area contributed by atoms with E-state index in [1.807, 2.05) is 23.9 Å². The van der Waals surface area contributed by atoms with Crippen LogP contribution in [0.4, 0.5) is 0 Å². The largest absolute Gasteiger partial charge is 2.00 e. The van der Waals surface area contributed by atoms with Crippen LogP contribution in [-0.4, -0.2) is 83.4 Å². The van der Waals surface area contributed by atoms with E-state index in [0.717, 1.165) is 13.1 Å². The maximum absolute atomic E-state index is 4.77. The maximum Gasteiger partial charge on any atom is 2.00 e. The second kappa shape index (κ2) is 17.5. The summed E-state index contributed by atoms with van der Waals surface area (Å²) in [6, 6.07) is 0. The van der Waals surface area contributed by atoms with Gasteiger partial charge in [-0.25, -0.2) is 0 Å². The van der Waals surface area contributed by atoms with Gasteiger partial charge in [-0.05, 0) is 12.8 Å². The first-order valence-electron chi connectivity index (χ1n) is 6.20. The normalized spacial score (nSPS) is 8.63. The topological polar surface area (TPSA) is 6.48 Å². The van der Waals surface area contributed by atoms with Crippen LogP contribution in [0.3, 0.4) is 0 Å². The van der Waals surface area contributed by atoms with Crippen LogP contribution >= 0.6 is 24.4 Å². The summed E-state index contributed by atoms with van der Waals surface area (Å²) in [5, 5.41) is 0. The fourth-order valence-corrected chi connectivity index (χ4v) is 1.34. The molecular weight excluding hydrogens is 340 g/mol. The van der Waals surface area contributed by atoms with Crippen molar-refractivity contribution in [3.8, 4) is 0 Å². The molecule has 0 fully saturated rings. The van der Waals surface area contributed by atoms with Crippen LogP contribution in [0.5, 0.6) is 0 Å². The standard InChI is InChI=1S/2C6H13NS2.Ca/c2*1-3-4-5-7(2)6(8)9;/h2*3-5H2,1-2H3,(H,8,9);/q;;+2/p-2. The number of hydrogen-bond acceptors (Lipinski definition) is 4. The molecule has 0 rings (SSSR count). The molecule has 0 N–H and O–H groups in total. The summed E-state index contributed by atoms with van der Waals surface area (Å²) in [5.41, 5.74) is 0. The molecule has 0 amide bonds. The van der Waals surface area contributed by atoms with Gasteiger partial charge in [0.25, 0.3) is 0 Å². The summed E-state index contributed by atoms with van der Waals surface area (Å²) < 4.78 is 1.15. The molecule has 0 aliphatic rings. The van der Waals surface area contributed by atoms with E-state index in [4.69, 9.17) is 49.7 Å². The molecule has 0 aliphatic heterocycles. The van der Waals surface area contributed by atoms with E-state index in [0.29, 0.717) is 8.64 Å². The number of unbranched alkanes of at least 4 members (excludes halogenated alkanes) is 2. The molecule has 7 heteroatoms. The SMILES string of the molecule is CCCCN(C)C(=S)[S-].CCCCN(C)C(=S)[S-].[Ca+2]. The van der Waals surface area contributed by atoms with Gasteiger partial charge in [-0.2, -0.15) is 0 Å². The Hall–Kier alpha value is 1.48. The predicted molar refractivity (Wildman–Crippen MR) is 101 cm³/mol.